The zero-order chi connectivity index (χ0) is 48.4. The number of rotatable bonds is 49. The molecule has 0 unspecified atom stereocenters. The number of hydrogen-bond acceptors (Lipinski definition) is 11. The summed E-state index contributed by atoms with van der Waals surface area (Å²) in [6.45, 7) is 13.8. The number of carbonyl (C=O) groups is 4. The van der Waals surface area contributed by atoms with Crippen molar-refractivity contribution in [3.63, 3.8) is 0 Å². The molecule has 0 atom stereocenters. The number of hydrogen-bond donors (Lipinski definition) is 0. The van der Waals surface area contributed by atoms with Crippen LogP contribution in [-0.4, -0.2) is 185 Å². The zero-order valence-electron chi connectivity index (χ0n) is 41.9. The van der Waals surface area contributed by atoms with E-state index in [0.717, 1.165) is 93.5 Å². The van der Waals surface area contributed by atoms with Gasteiger partial charge in [-0.3, -0.25) is 0 Å². The van der Waals surface area contributed by atoms with Gasteiger partial charge in [0.2, 0.25) is 0 Å². The predicted molar refractivity (Wildman–Crippen MR) is 278 cm³/mol. The van der Waals surface area contributed by atoms with E-state index in [1.54, 1.807) is 0 Å². The molecule has 0 aliphatic heterocycles. The molecule has 0 bridgehead atoms. The third-order valence-electron chi connectivity index (χ3n) is 10.3. The Balaban J connectivity index is 4.88. The Morgan fingerprint density at radius 3 is 1.03 bits per heavy atom. The van der Waals surface area contributed by atoms with Gasteiger partial charge >= 0.3 is 433 Å². The molecule has 0 spiro atoms. The van der Waals surface area contributed by atoms with Crippen LogP contribution in [0.15, 0.2) is 36.5 Å². The monoisotopic (exact) mass is 1190 g/mol. The number of carbonyl (C=O) groups excluding carboxylic acids is 4. The molecule has 0 aliphatic carbocycles. The summed E-state index contributed by atoms with van der Waals surface area (Å²) in [6, 6.07) is 0. The van der Waals surface area contributed by atoms with Crippen LogP contribution in [0.2, 0.25) is 37.2 Å². The molecule has 0 saturated carbocycles. The molecule has 0 heterocycles. The summed E-state index contributed by atoms with van der Waals surface area (Å²) >= 11 is 4.36. The minimum atomic E-state index is -0.222. The second-order valence-corrected chi connectivity index (χ2v) is 24.8. The van der Waals surface area contributed by atoms with Gasteiger partial charge in [-0.2, -0.15) is 0 Å². The summed E-state index contributed by atoms with van der Waals surface area (Å²) in [6.07, 6.45) is 30.6. The quantitative estimate of drug-likeness (QED) is 0.0191. The molecule has 1 radical (unpaired) electrons. The van der Waals surface area contributed by atoms with Crippen LogP contribution in [0.3, 0.4) is 0 Å². The molecule has 0 N–H and O–H groups in total. The van der Waals surface area contributed by atoms with Crippen LogP contribution in [0, 0.1) is 0 Å². The Kier molecular flexibility index (Phi) is 51.2. The third-order valence-corrected chi connectivity index (χ3v) is 17.2. The maximum atomic E-state index is 12.7. The molecule has 0 aromatic carbocycles. The molecule has 0 fully saturated rings. The summed E-state index contributed by atoms with van der Waals surface area (Å²) in [5, 5.41) is 7.20. The van der Waals surface area contributed by atoms with E-state index in [4.69, 9.17) is 18.9 Å². The normalized spacial score (nSPS) is 11.9. The molecule has 0 aromatic heterocycles. The van der Waals surface area contributed by atoms with Crippen LogP contribution in [0.1, 0.15) is 136 Å². The van der Waals surface area contributed by atoms with Gasteiger partial charge in [0.25, 0.3) is 0 Å². The van der Waals surface area contributed by atoms with Crippen LogP contribution in [0.25, 0.3) is 0 Å². The summed E-state index contributed by atoms with van der Waals surface area (Å²) in [4.78, 5) is 57.0. The van der Waals surface area contributed by atoms with E-state index in [9.17, 15) is 19.2 Å². The Morgan fingerprint density at radius 1 is 0.409 bits per heavy atom. The second-order valence-electron chi connectivity index (χ2n) is 16.2. The first kappa shape index (κ1) is 65.1. The Hall–Kier alpha value is -0.942. The van der Waals surface area contributed by atoms with E-state index in [1.807, 2.05) is 0 Å². The topological polar surface area (TPSA) is 115 Å². The second kappa shape index (κ2) is 51.9. The predicted octanol–water partition coefficient (Wildman–Crippen LogP) is 9.65. The number of ether oxygens (including phenoxy) is 4. The van der Waals surface area contributed by atoms with Gasteiger partial charge in [-0.05, 0) is 0 Å². The van der Waals surface area contributed by atoms with Gasteiger partial charge in [0.15, 0.2) is 0 Å². The van der Waals surface area contributed by atoms with E-state index < -0.39 is 0 Å². The Bertz CT molecular complexity index is 1200. The van der Waals surface area contributed by atoms with E-state index in [1.165, 1.54) is 54.5 Å². The standard InChI is InChI=1S/C51H92N3O8Se4/c1-5-8-11-14-17-20-42-64-45-38-60-49(56)26-34-53(33-25-48(55)59-37-41-63)31-23-29-52(4)30-24-32-54(35-27-50(57)61-39-46-65-43-21-18-15-12-9-6-2)36-28-51(58)62-40-47-66-44-22-19-16-13-10-7-3/h8-13H,5-7,14-47H2,1-4H3/b11-8-,12-9-,13-10-. The van der Waals surface area contributed by atoms with Gasteiger partial charge in [-0.25, -0.2) is 0 Å². The van der Waals surface area contributed by atoms with Crippen molar-refractivity contribution < 1.29 is 38.1 Å². The van der Waals surface area contributed by atoms with E-state index >= 15 is 0 Å². The van der Waals surface area contributed by atoms with Gasteiger partial charge in [0.1, 0.15) is 0 Å². The van der Waals surface area contributed by atoms with Crippen molar-refractivity contribution in [2.45, 2.75) is 174 Å². The van der Waals surface area contributed by atoms with Gasteiger partial charge in [-0.1, -0.05) is 0 Å². The molecule has 0 saturated heterocycles. The molecule has 383 valence electrons. The number of allylic oxidation sites excluding steroid dienone is 6. The molecule has 0 aromatic rings. The summed E-state index contributed by atoms with van der Waals surface area (Å²) < 4.78 is 22.1. The number of unbranched alkanes of at least 4 members (excludes halogenated alkanes) is 6. The van der Waals surface area contributed by atoms with Crippen LogP contribution < -0.4 is 0 Å². The molecule has 0 amide bonds. The van der Waals surface area contributed by atoms with Gasteiger partial charge in [0, 0.05) is 0 Å². The SMILES string of the molecule is CC/C=C\CCCC[Se]CCOC(=O)CCN(CCCN(C)CCCN(CCC(=O)OCC[Se]CCCC/C=C\CC)CCC(=O)OCC[Se]CCCC/C=C\CC)CCC(=O)OCC[Se]. The molecule has 0 aliphatic rings. The average Bonchev–Trinajstić information content (AvgIpc) is 3.31. The Morgan fingerprint density at radius 2 is 0.727 bits per heavy atom. The van der Waals surface area contributed by atoms with Gasteiger partial charge in [-0.15, -0.1) is 0 Å². The minimum absolute atomic E-state index is 0.170. The molecular weight excluding hydrogens is 1100 g/mol. The van der Waals surface area contributed by atoms with Crippen molar-refractivity contribution in [3.05, 3.63) is 36.5 Å². The van der Waals surface area contributed by atoms with Crippen molar-refractivity contribution >= 4 is 84.8 Å². The van der Waals surface area contributed by atoms with Crippen LogP contribution in [0.4, 0.5) is 0 Å². The van der Waals surface area contributed by atoms with Crippen LogP contribution in [0.5, 0.6) is 0 Å². The van der Waals surface area contributed by atoms with Crippen molar-refractivity contribution in [2.75, 3.05) is 85.8 Å². The van der Waals surface area contributed by atoms with E-state index in [0.29, 0.717) is 122 Å². The van der Waals surface area contributed by atoms with Crippen molar-refractivity contribution in [1.29, 1.82) is 0 Å². The third kappa shape index (κ3) is 48.1. The molecule has 66 heavy (non-hydrogen) atoms. The van der Waals surface area contributed by atoms with Crippen molar-refractivity contribution in [1.82, 2.24) is 14.7 Å². The van der Waals surface area contributed by atoms with Crippen LogP contribution >= 0.6 is 0 Å². The summed E-state index contributed by atoms with van der Waals surface area (Å²) in [7, 11) is 2.11. The number of esters is 4. The molecular formula is C51H92N3O8Se4. The first-order valence-corrected chi connectivity index (χ1v) is 33.7. The fraction of sp³-hybridized carbons (Fsp3) is 0.804. The first-order valence-electron chi connectivity index (χ1n) is 25.3. The van der Waals surface area contributed by atoms with E-state index in [2.05, 4.69) is 95.0 Å². The Labute approximate surface area is 430 Å². The summed E-state index contributed by atoms with van der Waals surface area (Å²) in [5.41, 5.74) is 0. The first-order chi connectivity index (χ1) is 32.2. The zero-order valence-corrected chi connectivity index (χ0v) is 48.7. The average molecular weight is 1190 g/mol. The summed E-state index contributed by atoms with van der Waals surface area (Å²) in [5.74, 6) is -0.739. The fourth-order valence-electron chi connectivity index (χ4n) is 6.55. The van der Waals surface area contributed by atoms with Crippen molar-refractivity contribution in [2.24, 2.45) is 0 Å². The molecule has 0 rings (SSSR count). The van der Waals surface area contributed by atoms with Crippen molar-refractivity contribution in [3.8, 4) is 0 Å². The van der Waals surface area contributed by atoms with Crippen LogP contribution in [-0.2, 0) is 38.1 Å². The van der Waals surface area contributed by atoms with Gasteiger partial charge < -0.3 is 0 Å². The van der Waals surface area contributed by atoms with E-state index in [-0.39, 0.29) is 30.3 Å². The fourth-order valence-corrected chi connectivity index (χ4v) is 11.9. The number of nitrogens with zero attached hydrogens (tertiary/aromatic N) is 3. The molecule has 15 heteroatoms. The maximum absolute atomic E-state index is 12.7. The molecule has 11 nitrogen and oxygen atoms in total. The van der Waals surface area contributed by atoms with Gasteiger partial charge in [0.05, 0.1) is 0 Å².